The highest BCUT2D eigenvalue weighted by molar-refractivity contribution is 5.82. The molecule has 1 amide bonds. The molecule has 0 saturated carbocycles. The number of likely N-dealkylation sites (N-methyl/N-ethyl adjacent to an activating group) is 1. The average molecular weight is 171 g/mol. The molecule has 0 aromatic heterocycles. The number of amides is 1. The van der Waals surface area contributed by atoms with Crippen LogP contribution in [0.4, 0.5) is 0 Å². The van der Waals surface area contributed by atoms with Crippen molar-refractivity contribution in [1.82, 2.24) is 15.1 Å². The van der Waals surface area contributed by atoms with E-state index < -0.39 is 0 Å². The van der Waals surface area contributed by atoms with E-state index in [9.17, 15) is 4.79 Å². The maximum Gasteiger partial charge on any atom is 0.240 e. The van der Waals surface area contributed by atoms with Gasteiger partial charge in [-0.15, -0.1) is 0 Å². The molecule has 4 nitrogen and oxygen atoms in total. The number of carbonyl (C=O) groups is 1. The van der Waals surface area contributed by atoms with Crippen molar-refractivity contribution in [2.45, 2.75) is 13.0 Å². The predicted octanol–water partition coefficient (Wildman–Crippen LogP) is -0.674. The Hall–Kier alpha value is -0.610. The first kappa shape index (κ1) is 9.48. The zero-order valence-electron chi connectivity index (χ0n) is 8.00. The molecule has 1 heterocycles. The van der Waals surface area contributed by atoms with Gasteiger partial charge in [0.1, 0.15) is 0 Å². The summed E-state index contributed by atoms with van der Waals surface area (Å²) in [7, 11) is 3.84. The van der Waals surface area contributed by atoms with Crippen LogP contribution in [0.2, 0.25) is 0 Å². The molecule has 1 fully saturated rings. The smallest absolute Gasteiger partial charge is 0.240 e. The van der Waals surface area contributed by atoms with Gasteiger partial charge in [0.25, 0.3) is 0 Å². The molecule has 0 spiro atoms. The number of carbonyl (C=O) groups excluding carboxylic acids is 1. The number of nitrogens with one attached hydrogen (secondary N) is 1. The van der Waals surface area contributed by atoms with Gasteiger partial charge in [-0.3, -0.25) is 9.69 Å². The summed E-state index contributed by atoms with van der Waals surface area (Å²) in [5, 5.41) is 2.99. The molecule has 1 saturated heterocycles. The summed E-state index contributed by atoms with van der Waals surface area (Å²) in [6.45, 7) is 4.41. The van der Waals surface area contributed by atoms with E-state index in [0.717, 1.165) is 13.1 Å². The SMILES string of the molecule is CNCN1CCN(C)C(C)C1=O. The zero-order valence-corrected chi connectivity index (χ0v) is 8.00. The number of hydrogen-bond acceptors (Lipinski definition) is 3. The number of nitrogens with zero attached hydrogens (tertiary/aromatic N) is 2. The van der Waals surface area contributed by atoms with Gasteiger partial charge >= 0.3 is 0 Å². The van der Waals surface area contributed by atoms with Crippen LogP contribution in [0.5, 0.6) is 0 Å². The summed E-state index contributed by atoms with van der Waals surface area (Å²) in [6, 6.07) is 0.0344. The molecule has 12 heavy (non-hydrogen) atoms. The van der Waals surface area contributed by atoms with Crippen LogP contribution in [0.3, 0.4) is 0 Å². The Morgan fingerprint density at radius 3 is 2.83 bits per heavy atom. The first-order chi connectivity index (χ1) is 5.66. The Morgan fingerprint density at radius 1 is 1.58 bits per heavy atom. The van der Waals surface area contributed by atoms with E-state index in [1.54, 1.807) is 0 Å². The number of piperazine rings is 1. The third-order valence-corrected chi connectivity index (χ3v) is 2.40. The van der Waals surface area contributed by atoms with Crippen LogP contribution in [-0.4, -0.2) is 55.6 Å². The van der Waals surface area contributed by atoms with E-state index in [1.807, 2.05) is 25.9 Å². The summed E-state index contributed by atoms with van der Waals surface area (Å²) < 4.78 is 0. The Labute approximate surface area is 73.5 Å². The molecule has 1 atom stereocenters. The molecular weight excluding hydrogens is 154 g/mol. The summed E-state index contributed by atoms with van der Waals surface area (Å²) >= 11 is 0. The monoisotopic (exact) mass is 171 g/mol. The maximum absolute atomic E-state index is 11.6. The molecule has 4 heteroatoms. The molecule has 1 aliphatic rings. The standard InChI is InChI=1S/C8H17N3O/c1-7-8(12)11(6-9-2)5-4-10(7)3/h7,9H,4-6H2,1-3H3. The van der Waals surface area contributed by atoms with Crippen LogP contribution in [0.25, 0.3) is 0 Å². The highest BCUT2D eigenvalue weighted by Crippen LogP contribution is 2.07. The third kappa shape index (κ3) is 1.76. The van der Waals surface area contributed by atoms with Gasteiger partial charge < -0.3 is 10.2 Å². The first-order valence-electron chi connectivity index (χ1n) is 4.30. The van der Waals surface area contributed by atoms with Gasteiger partial charge in [-0.05, 0) is 21.0 Å². The highest BCUT2D eigenvalue weighted by atomic mass is 16.2. The van der Waals surface area contributed by atoms with Gasteiger partial charge in [0.2, 0.25) is 5.91 Å². The normalized spacial score (nSPS) is 26.4. The van der Waals surface area contributed by atoms with Crippen LogP contribution in [0.15, 0.2) is 0 Å². The summed E-state index contributed by atoms with van der Waals surface area (Å²) in [6.07, 6.45) is 0. The Morgan fingerprint density at radius 2 is 2.25 bits per heavy atom. The second kappa shape index (κ2) is 3.87. The molecule has 0 aliphatic carbocycles. The Bertz CT molecular complexity index is 172. The fourth-order valence-corrected chi connectivity index (χ4v) is 1.38. The zero-order chi connectivity index (χ0) is 9.14. The minimum atomic E-state index is 0.0344. The summed E-state index contributed by atoms with van der Waals surface area (Å²) in [5.41, 5.74) is 0. The fraction of sp³-hybridized carbons (Fsp3) is 0.875. The lowest BCUT2D eigenvalue weighted by atomic mass is 10.2. The van der Waals surface area contributed by atoms with Crippen molar-refractivity contribution >= 4 is 5.91 Å². The summed E-state index contributed by atoms with van der Waals surface area (Å²) in [4.78, 5) is 15.5. The van der Waals surface area contributed by atoms with Crippen molar-refractivity contribution < 1.29 is 4.79 Å². The molecule has 1 rings (SSSR count). The highest BCUT2D eigenvalue weighted by Gasteiger charge is 2.28. The molecule has 0 radical (unpaired) electrons. The second-order valence-corrected chi connectivity index (χ2v) is 3.27. The van der Waals surface area contributed by atoms with Crippen molar-refractivity contribution in [2.24, 2.45) is 0 Å². The molecule has 0 aromatic carbocycles. The first-order valence-corrected chi connectivity index (χ1v) is 4.30. The average Bonchev–Trinajstić information content (AvgIpc) is 2.07. The lowest BCUT2D eigenvalue weighted by molar-refractivity contribution is -0.140. The molecule has 0 bridgehead atoms. The third-order valence-electron chi connectivity index (χ3n) is 2.40. The number of rotatable bonds is 2. The fourth-order valence-electron chi connectivity index (χ4n) is 1.38. The molecular formula is C8H17N3O. The Kier molecular flexibility index (Phi) is 3.05. The van der Waals surface area contributed by atoms with Gasteiger partial charge in [-0.2, -0.15) is 0 Å². The lowest BCUT2D eigenvalue weighted by Crippen LogP contribution is -2.55. The van der Waals surface area contributed by atoms with E-state index in [4.69, 9.17) is 0 Å². The lowest BCUT2D eigenvalue weighted by Gasteiger charge is -2.36. The van der Waals surface area contributed by atoms with Gasteiger partial charge in [-0.25, -0.2) is 0 Å². The number of hydrogen-bond donors (Lipinski definition) is 1. The van der Waals surface area contributed by atoms with E-state index in [0.29, 0.717) is 6.67 Å². The van der Waals surface area contributed by atoms with E-state index in [2.05, 4.69) is 10.2 Å². The van der Waals surface area contributed by atoms with Crippen molar-refractivity contribution in [1.29, 1.82) is 0 Å². The van der Waals surface area contributed by atoms with E-state index in [-0.39, 0.29) is 11.9 Å². The van der Waals surface area contributed by atoms with Gasteiger partial charge in [0.05, 0.1) is 12.7 Å². The molecule has 1 aliphatic heterocycles. The minimum absolute atomic E-state index is 0.0344. The van der Waals surface area contributed by atoms with Crippen molar-refractivity contribution in [3.05, 3.63) is 0 Å². The van der Waals surface area contributed by atoms with E-state index in [1.165, 1.54) is 0 Å². The summed E-state index contributed by atoms with van der Waals surface area (Å²) in [5.74, 6) is 0.220. The van der Waals surface area contributed by atoms with Crippen LogP contribution >= 0.6 is 0 Å². The molecule has 1 N–H and O–H groups in total. The van der Waals surface area contributed by atoms with Gasteiger partial charge in [0.15, 0.2) is 0 Å². The van der Waals surface area contributed by atoms with Gasteiger partial charge in [-0.1, -0.05) is 0 Å². The van der Waals surface area contributed by atoms with Crippen LogP contribution < -0.4 is 5.32 Å². The predicted molar refractivity (Wildman–Crippen MR) is 47.7 cm³/mol. The molecule has 70 valence electrons. The maximum atomic E-state index is 11.6. The topological polar surface area (TPSA) is 35.6 Å². The largest absolute Gasteiger partial charge is 0.327 e. The molecule has 0 aromatic rings. The quantitative estimate of drug-likeness (QED) is 0.598. The molecule has 1 unspecified atom stereocenters. The second-order valence-electron chi connectivity index (χ2n) is 3.27. The van der Waals surface area contributed by atoms with E-state index >= 15 is 0 Å². The van der Waals surface area contributed by atoms with Crippen LogP contribution in [-0.2, 0) is 4.79 Å². The Balaban J connectivity index is 2.53. The minimum Gasteiger partial charge on any atom is -0.327 e. The van der Waals surface area contributed by atoms with Crippen molar-refractivity contribution in [3.8, 4) is 0 Å². The van der Waals surface area contributed by atoms with Crippen LogP contribution in [0.1, 0.15) is 6.92 Å². The van der Waals surface area contributed by atoms with Crippen LogP contribution in [0, 0.1) is 0 Å². The van der Waals surface area contributed by atoms with Gasteiger partial charge in [0, 0.05) is 13.1 Å². The van der Waals surface area contributed by atoms with Crippen molar-refractivity contribution in [2.75, 3.05) is 33.9 Å². The van der Waals surface area contributed by atoms with Crippen molar-refractivity contribution in [3.63, 3.8) is 0 Å².